The second-order valence-corrected chi connectivity index (χ2v) is 8.87. The van der Waals surface area contributed by atoms with Crippen LogP contribution in [0.25, 0.3) is 5.69 Å². The van der Waals surface area contributed by atoms with E-state index in [1.54, 1.807) is 32.4 Å². The largest absolute Gasteiger partial charge is 0.493 e. The maximum Gasteiger partial charge on any atom is 0.253 e. The predicted octanol–water partition coefficient (Wildman–Crippen LogP) is 4.67. The van der Waals surface area contributed by atoms with E-state index in [1.165, 1.54) is 0 Å². The number of hydrogen-bond acceptors (Lipinski definition) is 5. The number of methoxy groups -OCH3 is 2. The van der Waals surface area contributed by atoms with Gasteiger partial charge in [0, 0.05) is 46.2 Å². The lowest BCUT2D eigenvalue weighted by atomic mass is 9.86. The van der Waals surface area contributed by atoms with Crippen LogP contribution in [-0.2, 0) is 10.3 Å². The third kappa shape index (κ3) is 3.90. The number of piperidine rings is 1. The highest BCUT2D eigenvalue weighted by Gasteiger charge is 2.44. The number of para-hydroxylation sites is 2. The van der Waals surface area contributed by atoms with Gasteiger partial charge >= 0.3 is 0 Å². The van der Waals surface area contributed by atoms with Gasteiger partial charge in [-0.15, -0.1) is 0 Å². The number of benzene rings is 2. The van der Waals surface area contributed by atoms with Crippen LogP contribution in [0, 0.1) is 0 Å². The first kappa shape index (κ1) is 22.3. The maximum absolute atomic E-state index is 13.3. The molecule has 1 saturated heterocycles. The Morgan fingerprint density at radius 2 is 1.88 bits per heavy atom. The van der Waals surface area contributed by atoms with Crippen molar-refractivity contribution >= 4 is 5.91 Å². The summed E-state index contributed by atoms with van der Waals surface area (Å²) in [7, 11) is 3.21. The summed E-state index contributed by atoms with van der Waals surface area (Å²) in [5, 5.41) is 0. The van der Waals surface area contributed by atoms with Crippen molar-refractivity contribution < 1.29 is 25.2 Å². The van der Waals surface area contributed by atoms with Crippen LogP contribution in [-0.4, -0.2) is 55.4 Å². The number of rotatable bonds is 6. The lowest BCUT2D eigenvalue weighted by molar-refractivity contribution is -0.00931. The van der Waals surface area contributed by atoms with Gasteiger partial charge < -0.3 is 28.4 Å². The number of ether oxygens (including phenoxy) is 4. The number of carbonyl (C=O) groups is 1. The minimum atomic E-state index is -0.429. The van der Waals surface area contributed by atoms with E-state index in [-0.39, 0.29) is 13.4 Å². The highest BCUT2D eigenvalue weighted by Crippen LogP contribution is 2.45. The van der Waals surface area contributed by atoms with Crippen molar-refractivity contribution in [3.05, 3.63) is 72.1 Å². The first-order valence-electron chi connectivity index (χ1n) is 11.6. The number of hydrogen-bond donors (Lipinski definition) is 0. The van der Waals surface area contributed by atoms with Crippen LogP contribution < -0.4 is 14.2 Å². The van der Waals surface area contributed by atoms with E-state index >= 15 is 0 Å². The molecular weight excluding hydrogens is 432 g/mol. The Hall–Kier alpha value is -3.45. The van der Waals surface area contributed by atoms with Gasteiger partial charge in [-0.3, -0.25) is 4.79 Å². The molecule has 0 bridgehead atoms. The molecule has 1 fully saturated rings. The van der Waals surface area contributed by atoms with Crippen LogP contribution >= 0.6 is 0 Å². The maximum atomic E-state index is 13.3. The number of carbonyl (C=O) groups excluding carboxylic acids is 1. The summed E-state index contributed by atoms with van der Waals surface area (Å²) in [6.07, 6.45) is 3.41. The van der Waals surface area contributed by atoms with Gasteiger partial charge in [-0.05, 0) is 49.4 Å². The molecule has 0 N–H and O–H groups in total. The first-order valence-corrected chi connectivity index (χ1v) is 11.6. The number of aromatic nitrogens is 1. The number of amides is 1. The summed E-state index contributed by atoms with van der Waals surface area (Å²) in [4.78, 5) is 15.2. The average molecular weight is 465 g/mol. The molecule has 3 heterocycles. The molecule has 7 heteroatoms. The third-order valence-corrected chi connectivity index (χ3v) is 6.64. The molecule has 1 aromatic heterocycles. The molecule has 2 aliphatic heterocycles. The lowest BCUT2D eigenvalue weighted by Crippen LogP contribution is -2.50. The van der Waals surface area contributed by atoms with E-state index in [0.29, 0.717) is 36.8 Å². The molecule has 0 unspecified atom stereocenters. The molecule has 5 rings (SSSR count). The van der Waals surface area contributed by atoms with Gasteiger partial charge in [-0.2, -0.15) is 0 Å². The molecule has 2 aromatic carbocycles. The molecule has 7 nitrogen and oxygen atoms in total. The molecule has 0 radical (unpaired) electrons. The average Bonchev–Trinajstić information content (AvgIpc) is 3.36. The molecule has 34 heavy (non-hydrogen) atoms. The summed E-state index contributed by atoms with van der Waals surface area (Å²) >= 11 is 0. The van der Waals surface area contributed by atoms with Crippen LogP contribution in [0.3, 0.4) is 0 Å². The molecular formula is C27H32N2O5. The quantitative estimate of drug-likeness (QED) is 0.531. The summed E-state index contributed by atoms with van der Waals surface area (Å²) < 4.78 is 25.3. The molecule has 1 atom stereocenters. The van der Waals surface area contributed by atoms with Crippen LogP contribution in [0.2, 0.25) is 0 Å². The molecule has 2 aliphatic rings. The Labute approximate surface area is 201 Å². The highest BCUT2D eigenvalue weighted by molar-refractivity contribution is 5.95. The Morgan fingerprint density at radius 1 is 1.09 bits per heavy atom. The Morgan fingerprint density at radius 3 is 2.65 bits per heavy atom. The lowest BCUT2D eigenvalue weighted by Gasteiger charge is -2.45. The standard InChI is InChI=1S/C27H30N2O5.H2/c1-19(18-31-2)33-23-11-10-20(17-24(23)32-3)26(30)28-15-12-27(13-16-28)25-9-6-14-29(25)21-7-4-5-8-22(21)34-27;/h4-11,14,17,19H,12-13,15-16,18H2,1-3H3;1H/t19-;/m1./s1. The van der Waals surface area contributed by atoms with Gasteiger partial charge in [-0.25, -0.2) is 0 Å². The summed E-state index contributed by atoms with van der Waals surface area (Å²) in [5.74, 6) is 1.99. The summed E-state index contributed by atoms with van der Waals surface area (Å²) in [6, 6.07) is 17.6. The molecule has 180 valence electrons. The molecule has 3 aromatic rings. The van der Waals surface area contributed by atoms with Crippen LogP contribution in [0.4, 0.5) is 0 Å². The Balaban J connectivity index is 0.00000289. The number of nitrogens with zero attached hydrogens (tertiary/aromatic N) is 2. The zero-order valence-electron chi connectivity index (χ0n) is 19.8. The van der Waals surface area contributed by atoms with Gasteiger partial charge in [0.2, 0.25) is 0 Å². The Kier molecular flexibility index (Phi) is 5.96. The predicted molar refractivity (Wildman–Crippen MR) is 130 cm³/mol. The fraction of sp³-hybridized carbons (Fsp3) is 0.370. The van der Waals surface area contributed by atoms with Crippen molar-refractivity contribution in [3.8, 4) is 22.9 Å². The van der Waals surface area contributed by atoms with Crippen LogP contribution in [0.15, 0.2) is 60.8 Å². The van der Waals surface area contributed by atoms with Gasteiger partial charge in [0.15, 0.2) is 17.1 Å². The van der Waals surface area contributed by atoms with Crippen LogP contribution in [0.1, 0.15) is 37.2 Å². The fourth-order valence-corrected chi connectivity index (χ4v) is 4.96. The smallest absolute Gasteiger partial charge is 0.253 e. The SMILES string of the molecule is COC[C@@H](C)Oc1ccc(C(=O)N2CCC3(CC2)Oc2ccccc2-n2cccc23)cc1OC.[HH]. The second-order valence-electron chi connectivity index (χ2n) is 8.87. The Bertz CT molecular complexity index is 1190. The van der Waals surface area contributed by atoms with Crippen molar-refractivity contribution in [3.63, 3.8) is 0 Å². The fourth-order valence-electron chi connectivity index (χ4n) is 4.96. The first-order chi connectivity index (χ1) is 16.5. The number of fused-ring (bicyclic) bond motifs is 4. The van der Waals surface area contributed by atoms with Gasteiger partial charge in [0.1, 0.15) is 11.9 Å². The van der Waals surface area contributed by atoms with E-state index < -0.39 is 5.60 Å². The van der Waals surface area contributed by atoms with E-state index in [9.17, 15) is 4.79 Å². The minimum Gasteiger partial charge on any atom is -0.493 e. The molecule has 0 saturated carbocycles. The van der Waals surface area contributed by atoms with Gasteiger partial charge in [-0.1, -0.05) is 12.1 Å². The second kappa shape index (κ2) is 9.06. The third-order valence-electron chi connectivity index (χ3n) is 6.64. The van der Waals surface area contributed by atoms with Gasteiger partial charge in [0.05, 0.1) is 25.1 Å². The zero-order valence-corrected chi connectivity index (χ0v) is 19.8. The highest BCUT2D eigenvalue weighted by atomic mass is 16.5. The van der Waals surface area contributed by atoms with E-state index in [0.717, 1.165) is 30.0 Å². The monoisotopic (exact) mass is 464 g/mol. The van der Waals surface area contributed by atoms with Gasteiger partial charge in [0.25, 0.3) is 5.91 Å². The van der Waals surface area contributed by atoms with E-state index in [1.807, 2.05) is 30.0 Å². The zero-order chi connectivity index (χ0) is 23.7. The van der Waals surface area contributed by atoms with Crippen molar-refractivity contribution in [2.24, 2.45) is 0 Å². The molecule has 1 amide bonds. The normalized spacial score (nSPS) is 16.9. The summed E-state index contributed by atoms with van der Waals surface area (Å²) in [5.41, 5.74) is 2.35. The summed E-state index contributed by atoms with van der Waals surface area (Å²) in [6.45, 7) is 3.61. The number of likely N-dealkylation sites (tertiary alicyclic amines) is 1. The minimum absolute atomic E-state index is 0. The topological polar surface area (TPSA) is 62.2 Å². The molecule has 0 aliphatic carbocycles. The van der Waals surface area contributed by atoms with Crippen molar-refractivity contribution in [2.75, 3.05) is 33.9 Å². The van der Waals surface area contributed by atoms with Crippen molar-refractivity contribution in [2.45, 2.75) is 31.5 Å². The van der Waals surface area contributed by atoms with Crippen LogP contribution in [0.5, 0.6) is 17.2 Å². The molecule has 1 spiro atoms. The van der Waals surface area contributed by atoms with E-state index in [4.69, 9.17) is 18.9 Å². The van der Waals surface area contributed by atoms with E-state index in [2.05, 4.69) is 29.0 Å². The van der Waals surface area contributed by atoms with Crippen molar-refractivity contribution in [1.29, 1.82) is 0 Å². The van der Waals surface area contributed by atoms with Crippen molar-refractivity contribution in [1.82, 2.24) is 9.47 Å².